The summed E-state index contributed by atoms with van der Waals surface area (Å²) < 4.78 is 5.22. The largest absolute Gasteiger partial charge is 0.497 e. The van der Waals surface area contributed by atoms with Crippen LogP contribution < -0.4 is 15.8 Å². The first-order valence-electron chi connectivity index (χ1n) is 8.33. The molecule has 2 unspecified atom stereocenters. The summed E-state index contributed by atoms with van der Waals surface area (Å²) in [7, 11) is 1.66. The number of hydrogen-bond acceptors (Lipinski definition) is 3. The second kappa shape index (κ2) is 10.7. The highest BCUT2D eigenvalue weighted by Gasteiger charge is 2.21. The molecule has 0 saturated carbocycles. The van der Waals surface area contributed by atoms with Crippen molar-refractivity contribution in [3.05, 3.63) is 65.7 Å². The first-order chi connectivity index (χ1) is 11.6. The minimum absolute atomic E-state index is 0. The molecule has 136 valence electrons. The molecule has 0 aliphatic carbocycles. The van der Waals surface area contributed by atoms with Gasteiger partial charge >= 0.3 is 0 Å². The van der Waals surface area contributed by atoms with Crippen LogP contribution in [0.3, 0.4) is 0 Å². The quantitative estimate of drug-likeness (QED) is 0.706. The standard InChI is InChI=1S/C20H26N2O2.ClH/c1-15(19(21)17-10-4-3-5-11-17)20(23)22-13-7-9-16-8-6-12-18(14-16)24-2;/h3-6,8,10-12,14-15,19H,7,9,13,21H2,1-2H3,(H,22,23);1H. The Kier molecular flexibility index (Phi) is 9.03. The molecular weight excluding hydrogens is 336 g/mol. The van der Waals surface area contributed by atoms with Gasteiger partial charge in [-0.3, -0.25) is 4.79 Å². The van der Waals surface area contributed by atoms with Crippen molar-refractivity contribution < 1.29 is 9.53 Å². The third-order valence-corrected chi connectivity index (χ3v) is 4.21. The third kappa shape index (κ3) is 6.40. The fourth-order valence-corrected chi connectivity index (χ4v) is 2.62. The summed E-state index contributed by atoms with van der Waals surface area (Å²) in [5.74, 6) is 0.597. The minimum Gasteiger partial charge on any atom is -0.497 e. The Bertz CT molecular complexity index is 649. The van der Waals surface area contributed by atoms with Crippen molar-refractivity contribution in [2.75, 3.05) is 13.7 Å². The van der Waals surface area contributed by atoms with Gasteiger partial charge in [0.2, 0.25) is 5.91 Å². The number of methoxy groups -OCH3 is 1. The van der Waals surface area contributed by atoms with Crippen molar-refractivity contribution in [3.8, 4) is 5.75 Å². The zero-order valence-electron chi connectivity index (χ0n) is 14.8. The summed E-state index contributed by atoms with van der Waals surface area (Å²) >= 11 is 0. The second-order valence-corrected chi connectivity index (χ2v) is 5.97. The summed E-state index contributed by atoms with van der Waals surface area (Å²) in [6, 6.07) is 17.4. The van der Waals surface area contributed by atoms with E-state index >= 15 is 0 Å². The first kappa shape index (κ1) is 21.0. The smallest absolute Gasteiger partial charge is 0.224 e. The molecule has 0 saturated heterocycles. The molecule has 0 heterocycles. The minimum atomic E-state index is -0.287. The summed E-state index contributed by atoms with van der Waals surface area (Å²) in [4.78, 5) is 12.3. The highest BCUT2D eigenvalue weighted by molar-refractivity contribution is 5.85. The van der Waals surface area contributed by atoms with Gasteiger partial charge < -0.3 is 15.8 Å². The Morgan fingerprint density at radius 3 is 2.56 bits per heavy atom. The number of aryl methyl sites for hydroxylation is 1. The van der Waals surface area contributed by atoms with Gasteiger partial charge in [-0.2, -0.15) is 0 Å². The van der Waals surface area contributed by atoms with Crippen LogP contribution in [0.1, 0.15) is 30.5 Å². The summed E-state index contributed by atoms with van der Waals surface area (Å²) in [5.41, 5.74) is 8.38. The molecular formula is C20H27ClN2O2. The molecule has 0 aromatic heterocycles. The van der Waals surface area contributed by atoms with E-state index in [0.717, 1.165) is 24.2 Å². The Morgan fingerprint density at radius 1 is 1.16 bits per heavy atom. The van der Waals surface area contributed by atoms with Crippen LogP contribution in [0.5, 0.6) is 5.75 Å². The van der Waals surface area contributed by atoms with Gasteiger partial charge in [0.15, 0.2) is 0 Å². The Balaban J connectivity index is 0.00000312. The highest BCUT2D eigenvalue weighted by Crippen LogP contribution is 2.19. The average molecular weight is 363 g/mol. The molecule has 4 nitrogen and oxygen atoms in total. The maximum Gasteiger partial charge on any atom is 0.224 e. The average Bonchev–Trinajstić information content (AvgIpc) is 2.64. The normalized spacial score (nSPS) is 12.6. The molecule has 2 aromatic rings. The maximum atomic E-state index is 12.3. The van der Waals surface area contributed by atoms with Crippen LogP contribution in [0, 0.1) is 5.92 Å². The van der Waals surface area contributed by atoms with Gasteiger partial charge in [0, 0.05) is 12.6 Å². The van der Waals surface area contributed by atoms with Crippen molar-refractivity contribution in [1.29, 1.82) is 0 Å². The first-order valence-corrected chi connectivity index (χ1v) is 8.33. The zero-order chi connectivity index (χ0) is 17.4. The summed E-state index contributed by atoms with van der Waals surface area (Å²) in [6.45, 7) is 2.51. The molecule has 3 N–H and O–H groups in total. The van der Waals surface area contributed by atoms with E-state index in [9.17, 15) is 4.79 Å². The summed E-state index contributed by atoms with van der Waals surface area (Å²) in [6.07, 6.45) is 1.78. The van der Waals surface area contributed by atoms with Gasteiger partial charge in [-0.15, -0.1) is 12.4 Å². The van der Waals surface area contributed by atoms with Crippen LogP contribution >= 0.6 is 12.4 Å². The molecule has 0 aliphatic rings. The fourth-order valence-electron chi connectivity index (χ4n) is 2.62. The molecule has 25 heavy (non-hydrogen) atoms. The monoisotopic (exact) mass is 362 g/mol. The van der Waals surface area contributed by atoms with Crippen molar-refractivity contribution in [2.24, 2.45) is 11.7 Å². The molecule has 1 amide bonds. The number of ether oxygens (including phenoxy) is 1. The number of hydrogen-bond donors (Lipinski definition) is 2. The lowest BCUT2D eigenvalue weighted by molar-refractivity contribution is -0.125. The molecule has 0 radical (unpaired) electrons. The number of carbonyl (C=O) groups is 1. The number of carbonyl (C=O) groups excluding carboxylic acids is 1. The van der Waals surface area contributed by atoms with E-state index in [-0.39, 0.29) is 30.3 Å². The highest BCUT2D eigenvalue weighted by atomic mass is 35.5. The van der Waals surface area contributed by atoms with Crippen LogP contribution in [0.4, 0.5) is 0 Å². The Labute approximate surface area is 156 Å². The van der Waals surface area contributed by atoms with E-state index < -0.39 is 0 Å². The molecule has 0 aliphatic heterocycles. The van der Waals surface area contributed by atoms with E-state index in [1.807, 2.05) is 55.5 Å². The van der Waals surface area contributed by atoms with Crippen molar-refractivity contribution in [3.63, 3.8) is 0 Å². The lowest BCUT2D eigenvalue weighted by Gasteiger charge is -2.19. The number of nitrogens with one attached hydrogen (secondary N) is 1. The molecule has 5 heteroatoms. The fraction of sp³-hybridized carbons (Fsp3) is 0.350. The molecule has 0 spiro atoms. The van der Waals surface area contributed by atoms with Crippen LogP contribution in [-0.4, -0.2) is 19.6 Å². The van der Waals surface area contributed by atoms with Gasteiger partial charge in [0.1, 0.15) is 5.75 Å². The molecule has 0 fully saturated rings. The predicted octanol–water partition coefficient (Wildman–Crippen LogP) is 3.50. The van der Waals surface area contributed by atoms with Gasteiger partial charge in [-0.1, -0.05) is 49.4 Å². The van der Waals surface area contributed by atoms with Gasteiger partial charge in [-0.05, 0) is 36.1 Å². The SMILES string of the molecule is COc1cccc(CCCNC(=O)C(C)C(N)c2ccccc2)c1.Cl. The van der Waals surface area contributed by atoms with Gasteiger partial charge in [-0.25, -0.2) is 0 Å². The van der Waals surface area contributed by atoms with E-state index in [2.05, 4.69) is 11.4 Å². The van der Waals surface area contributed by atoms with E-state index in [4.69, 9.17) is 10.5 Å². The van der Waals surface area contributed by atoms with Crippen LogP contribution in [0.25, 0.3) is 0 Å². The predicted molar refractivity (Wildman–Crippen MR) is 104 cm³/mol. The molecule has 2 aromatic carbocycles. The van der Waals surface area contributed by atoms with E-state index in [0.29, 0.717) is 6.54 Å². The summed E-state index contributed by atoms with van der Waals surface area (Å²) in [5, 5.41) is 2.98. The number of benzene rings is 2. The zero-order valence-corrected chi connectivity index (χ0v) is 15.6. The Hall–Kier alpha value is -2.04. The van der Waals surface area contributed by atoms with Crippen LogP contribution in [0.15, 0.2) is 54.6 Å². The lowest BCUT2D eigenvalue weighted by atomic mass is 9.94. The van der Waals surface area contributed by atoms with Crippen molar-refractivity contribution in [2.45, 2.75) is 25.8 Å². The number of rotatable bonds is 8. The lowest BCUT2D eigenvalue weighted by Crippen LogP contribution is -2.36. The van der Waals surface area contributed by atoms with Crippen molar-refractivity contribution in [1.82, 2.24) is 5.32 Å². The molecule has 2 atom stereocenters. The Morgan fingerprint density at radius 2 is 1.88 bits per heavy atom. The van der Waals surface area contributed by atoms with E-state index in [1.54, 1.807) is 7.11 Å². The maximum absolute atomic E-state index is 12.3. The van der Waals surface area contributed by atoms with Gasteiger partial charge in [0.25, 0.3) is 0 Å². The third-order valence-electron chi connectivity index (χ3n) is 4.21. The number of nitrogens with two attached hydrogens (primary N) is 1. The van der Waals surface area contributed by atoms with E-state index in [1.165, 1.54) is 5.56 Å². The number of halogens is 1. The number of amides is 1. The second-order valence-electron chi connectivity index (χ2n) is 5.97. The molecule has 0 bridgehead atoms. The van der Waals surface area contributed by atoms with Crippen LogP contribution in [0.2, 0.25) is 0 Å². The molecule has 2 rings (SSSR count). The van der Waals surface area contributed by atoms with Crippen LogP contribution in [-0.2, 0) is 11.2 Å². The van der Waals surface area contributed by atoms with Gasteiger partial charge in [0.05, 0.1) is 13.0 Å². The topological polar surface area (TPSA) is 64.3 Å². The van der Waals surface area contributed by atoms with Crippen molar-refractivity contribution >= 4 is 18.3 Å².